The number of carbonyl (C=O) groups excluding carboxylic acids is 1. The van der Waals surface area contributed by atoms with E-state index in [9.17, 15) is 4.79 Å². The van der Waals surface area contributed by atoms with Crippen molar-refractivity contribution in [1.82, 2.24) is 10.7 Å². The molecule has 4 N–H and O–H groups in total. The third-order valence-electron chi connectivity index (χ3n) is 1.28. The molecule has 0 spiro atoms. The van der Waals surface area contributed by atoms with Crippen molar-refractivity contribution in [2.75, 3.05) is 6.54 Å². The van der Waals surface area contributed by atoms with Gasteiger partial charge in [-0.2, -0.15) is 0 Å². The summed E-state index contributed by atoms with van der Waals surface area (Å²) in [6.07, 6.45) is 0.941. The molecule has 10 heavy (non-hydrogen) atoms. The lowest BCUT2D eigenvalue weighted by atomic mass is 10.2. The Morgan fingerprint density at radius 2 is 2.30 bits per heavy atom. The van der Waals surface area contributed by atoms with Gasteiger partial charge in [0.2, 0.25) is 5.91 Å². The van der Waals surface area contributed by atoms with Crippen molar-refractivity contribution in [3.8, 4) is 0 Å². The zero-order valence-corrected chi connectivity index (χ0v) is 6.48. The minimum Gasteiger partial charge on any atom is -0.353 e. The van der Waals surface area contributed by atoms with Crippen LogP contribution in [0.1, 0.15) is 20.3 Å². The van der Waals surface area contributed by atoms with Gasteiger partial charge in [0.25, 0.3) is 0 Å². The molecule has 1 atom stereocenters. The van der Waals surface area contributed by atoms with Gasteiger partial charge in [0, 0.05) is 6.04 Å². The van der Waals surface area contributed by atoms with Crippen molar-refractivity contribution in [2.45, 2.75) is 26.3 Å². The van der Waals surface area contributed by atoms with Crippen LogP contribution in [0.5, 0.6) is 0 Å². The topological polar surface area (TPSA) is 67.2 Å². The highest BCUT2D eigenvalue weighted by molar-refractivity contribution is 5.78. The van der Waals surface area contributed by atoms with Gasteiger partial charge in [0.15, 0.2) is 0 Å². The molecule has 0 aliphatic rings. The molecule has 0 aromatic carbocycles. The van der Waals surface area contributed by atoms with Crippen molar-refractivity contribution in [2.24, 2.45) is 5.84 Å². The van der Waals surface area contributed by atoms with Gasteiger partial charge in [-0.3, -0.25) is 16.1 Å². The van der Waals surface area contributed by atoms with E-state index in [1.54, 1.807) is 0 Å². The lowest BCUT2D eigenvalue weighted by Gasteiger charge is -2.10. The van der Waals surface area contributed by atoms with Crippen molar-refractivity contribution in [1.29, 1.82) is 0 Å². The molecule has 0 aliphatic heterocycles. The fourth-order valence-electron chi connectivity index (χ4n) is 0.521. The van der Waals surface area contributed by atoms with E-state index < -0.39 is 0 Å². The zero-order valence-electron chi connectivity index (χ0n) is 6.48. The van der Waals surface area contributed by atoms with Gasteiger partial charge in [-0.15, -0.1) is 0 Å². The Morgan fingerprint density at radius 1 is 1.70 bits per heavy atom. The Kier molecular flexibility index (Phi) is 4.88. The summed E-state index contributed by atoms with van der Waals surface area (Å²) in [5, 5.41) is 2.75. The highest BCUT2D eigenvalue weighted by Crippen LogP contribution is 1.85. The Hall–Kier alpha value is -0.610. The number of amides is 1. The van der Waals surface area contributed by atoms with Crippen LogP contribution < -0.4 is 16.6 Å². The molecule has 0 saturated heterocycles. The number of hydrazine groups is 1. The Bertz CT molecular complexity index is 105. The molecule has 60 valence electrons. The Labute approximate surface area is 61.1 Å². The molecule has 0 rings (SSSR count). The van der Waals surface area contributed by atoms with Crippen LogP contribution in [0.25, 0.3) is 0 Å². The maximum absolute atomic E-state index is 10.8. The molecule has 1 unspecified atom stereocenters. The lowest BCUT2D eigenvalue weighted by Crippen LogP contribution is -2.40. The molecule has 4 heteroatoms. The number of hydrogen-bond acceptors (Lipinski definition) is 3. The van der Waals surface area contributed by atoms with E-state index in [0.29, 0.717) is 0 Å². The smallest absolute Gasteiger partial charge is 0.235 e. The monoisotopic (exact) mass is 145 g/mol. The third-order valence-corrected chi connectivity index (χ3v) is 1.28. The fourth-order valence-corrected chi connectivity index (χ4v) is 0.521. The van der Waals surface area contributed by atoms with Gasteiger partial charge in [-0.1, -0.05) is 6.92 Å². The maximum atomic E-state index is 10.8. The van der Waals surface area contributed by atoms with Crippen LogP contribution in [0.2, 0.25) is 0 Å². The molecular formula is C6H15N3O. The third kappa shape index (κ3) is 4.29. The lowest BCUT2D eigenvalue weighted by molar-refractivity contribution is -0.120. The molecular weight excluding hydrogens is 130 g/mol. The fraction of sp³-hybridized carbons (Fsp3) is 0.833. The number of hydrogen-bond donors (Lipinski definition) is 3. The normalized spacial score (nSPS) is 12.7. The molecule has 0 fully saturated rings. The summed E-state index contributed by atoms with van der Waals surface area (Å²) in [6.45, 7) is 4.15. The number of nitrogens with one attached hydrogen (secondary N) is 2. The first-order valence-electron chi connectivity index (χ1n) is 3.43. The van der Waals surface area contributed by atoms with E-state index in [-0.39, 0.29) is 18.5 Å². The summed E-state index contributed by atoms with van der Waals surface area (Å²) >= 11 is 0. The van der Waals surface area contributed by atoms with E-state index in [0.717, 1.165) is 6.42 Å². The van der Waals surface area contributed by atoms with Gasteiger partial charge in [0.1, 0.15) is 0 Å². The van der Waals surface area contributed by atoms with E-state index in [2.05, 4.69) is 10.7 Å². The van der Waals surface area contributed by atoms with Crippen LogP contribution in [0, 0.1) is 0 Å². The SMILES string of the molecule is CCC(C)NC(=O)CNN. The summed E-state index contributed by atoms with van der Waals surface area (Å²) in [6, 6.07) is 0.237. The summed E-state index contributed by atoms with van der Waals surface area (Å²) < 4.78 is 0. The quantitative estimate of drug-likeness (QED) is 0.364. The van der Waals surface area contributed by atoms with Crippen molar-refractivity contribution < 1.29 is 4.79 Å². The Balaban J connectivity index is 3.37. The van der Waals surface area contributed by atoms with E-state index >= 15 is 0 Å². The predicted octanol–water partition coefficient (Wildman–Crippen LogP) is -0.636. The maximum Gasteiger partial charge on any atom is 0.235 e. The van der Waals surface area contributed by atoms with Crippen LogP contribution >= 0.6 is 0 Å². The van der Waals surface area contributed by atoms with Crippen LogP contribution in [0.3, 0.4) is 0 Å². The molecule has 0 heterocycles. The number of rotatable bonds is 4. The molecule has 0 aromatic rings. The van der Waals surface area contributed by atoms with Crippen LogP contribution in [0.4, 0.5) is 0 Å². The molecule has 0 saturated carbocycles. The first-order valence-corrected chi connectivity index (χ1v) is 3.43. The molecule has 4 nitrogen and oxygen atoms in total. The average Bonchev–Trinajstić information content (AvgIpc) is 1.88. The van der Waals surface area contributed by atoms with Crippen molar-refractivity contribution >= 4 is 5.91 Å². The molecule has 0 aliphatic carbocycles. The summed E-state index contributed by atoms with van der Waals surface area (Å²) in [4.78, 5) is 10.8. The number of nitrogens with two attached hydrogens (primary N) is 1. The highest BCUT2D eigenvalue weighted by Gasteiger charge is 2.02. The molecule has 0 bridgehead atoms. The average molecular weight is 145 g/mol. The zero-order chi connectivity index (χ0) is 7.98. The number of carbonyl (C=O) groups is 1. The second-order valence-electron chi connectivity index (χ2n) is 2.26. The summed E-state index contributed by atoms with van der Waals surface area (Å²) in [5.41, 5.74) is 2.28. The minimum atomic E-state index is -0.0585. The largest absolute Gasteiger partial charge is 0.353 e. The summed E-state index contributed by atoms with van der Waals surface area (Å²) in [7, 11) is 0. The molecule has 0 aromatic heterocycles. The van der Waals surface area contributed by atoms with Gasteiger partial charge < -0.3 is 5.32 Å². The summed E-state index contributed by atoms with van der Waals surface area (Å²) in [5.74, 6) is 4.88. The highest BCUT2D eigenvalue weighted by atomic mass is 16.2. The second-order valence-corrected chi connectivity index (χ2v) is 2.26. The van der Waals surface area contributed by atoms with E-state index in [1.807, 2.05) is 13.8 Å². The second kappa shape index (κ2) is 5.20. The van der Waals surface area contributed by atoms with Gasteiger partial charge in [-0.05, 0) is 13.3 Å². The van der Waals surface area contributed by atoms with Crippen molar-refractivity contribution in [3.05, 3.63) is 0 Å². The van der Waals surface area contributed by atoms with Gasteiger partial charge in [0.05, 0.1) is 6.54 Å². The molecule has 1 amide bonds. The Morgan fingerprint density at radius 3 is 2.70 bits per heavy atom. The van der Waals surface area contributed by atoms with Gasteiger partial charge >= 0.3 is 0 Å². The van der Waals surface area contributed by atoms with Gasteiger partial charge in [-0.25, -0.2) is 0 Å². The van der Waals surface area contributed by atoms with E-state index in [4.69, 9.17) is 5.84 Å². The molecule has 0 radical (unpaired) electrons. The minimum absolute atomic E-state index is 0.0585. The van der Waals surface area contributed by atoms with Crippen LogP contribution in [0.15, 0.2) is 0 Å². The van der Waals surface area contributed by atoms with Crippen LogP contribution in [-0.2, 0) is 4.79 Å². The van der Waals surface area contributed by atoms with Crippen LogP contribution in [-0.4, -0.2) is 18.5 Å². The first kappa shape index (κ1) is 9.39. The first-order chi connectivity index (χ1) is 4.70. The standard InChI is InChI=1S/C6H15N3O/c1-3-5(2)9-6(10)4-8-7/h5,8H,3-4,7H2,1-2H3,(H,9,10). The van der Waals surface area contributed by atoms with Crippen molar-refractivity contribution in [3.63, 3.8) is 0 Å². The predicted molar refractivity (Wildman–Crippen MR) is 40.1 cm³/mol. The van der Waals surface area contributed by atoms with E-state index in [1.165, 1.54) is 0 Å².